The molecule has 0 spiro atoms. The second-order valence-electron chi connectivity index (χ2n) is 7.15. The van der Waals surface area contributed by atoms with Crippen molar-refractivity contribution in [1.82, 2.24) is 19.4 Å². The molecule has 7 heteroatoms. The molecule has 0 unspecified atom stereocenters. The summed E-state index contributed by atoms with van der Waals surface area (Å²) in [6, 6.07) is 8.40. The van der Waals surface area contributed by atoms with Gasteiger partial charge in [0.25, 0.3) is 0 Å². The van der Waals surface area contributed by atoms with Crippen molar-refractivity contribution < 1.29 is 0 Å². The monoisotopic (exact) mass is 409 g/mol. The van der Waals surface area contributed by atoms with Crippen LogP contribution in [0.2, 0.25) is 0 Å². The Kier molecular flexibility index (Phi) is 5.75. The molecule has 0 saturated carbocycles. The predicted octanol–water partition coefficient (Wildman–Crippen LogP) is 4.35. The fraction of sp³-hybridized carbons (Fsp3) is 0.227. The largest absolute Gasteiger partial charge is 0.378 e. The molecule has 0 amide bonds. The average Bonchev–Trinajstić information content (AvgIpc) is 2.96. The molecule has 0 radical (unpaired) electrons. The number of aryl methyl sites for hydroxylation is 4. The van der Waals surface area contributed by atoms with E-state index < -0.39 is 0 Å². The molecular weight excluding hydrogens is 386 g/mol. The second-order valence-corrected chi connectivity index (χ2v) is 7.15. The fourth-order valence-corrected chi connectivity index (χ4v) is 3.47. The molecule has 150 valence electrons. The Bertz CT molecular complexity index is 1200. The molecule has 0 aliphatic heterocycles. The number of fused-ring (bicyclic) bond motifs is 1. The van der Waals surface area contributed by atoms with Gasteiger partial charge in [0.1, 0.15) is 0 Å². The number of H-pyrrole nitrogens is 1. The summed E-state index contributed by atoms with van der Waals surface area (Å²) in [6.07, 6.45) is 5.31. The topological polar surface area (TPSA) is 75.1 Å². The molecule has 0 bridgehead atoms. The van der Waals surface area contributed by atoms with Gasteiger partial charge >= 0.3 is 5.69 Å². The van der Waals surface area contributed by atoms with Gasteiger partial charge in [-0.15, -0.1) is 12.4 Å². The van der Waals surface area contributed by atoms with E-state index in [1.807, 2.05) is 13.1 Å². The molecule has 0 aliphatic rings. The van der Waals surface area contributed by atoms with Crippen molar-refractivity contribution in [2.75, 3.05) is 5.32 Å². The van der Waals surface area contributed by atoms with Crippen LogP contribution in [0, 0.1) is 27.7 Å². The molecule has 0 aliphatic carbocycles. The Labute approximate surface area is 175 Å². The minimum atomic E-state index is -0.354. The number of hydrogen-bond acceptors (Lipinski definition) is 4. The van der Waals surface area contributed by atoms with Crippen LogP contribution in [0.4, 0.5) is 5.69 Å². The summed E-state index contributed by atoms with van der Waals surface area (Å²) < 4.78 is 2.09. The molecule has 1 aromatic carbocycles. The van der Waals surface area contributed by atoms with Gasteiger partial charge in [0, 0.05) is 42.0 Å². The molecule has 2 N–H and O–H groups in total. The summed E-state index contributed by atoms with van der Waals surface area (Å²) in [4.78, 5) is 22.6. The fourth-order valence-electron chi connectivity index (χ4n) is 3.47. The number of imidazole rings is 1. The van der Waals surface area contributed by atoms with E-state index in [1.54, 1.807) is 12.4 Å². The van der Waals surface area contributed by atoms with Crippen molar-refractivity contribution in [2.45, 2.75) is 34.2 Å². The highest BCUT2D eigenvalue weighted by molar-refractivity contribution is 5.85. The number of nitrogens with one attached hydrogen (secondary N) is 2. The third-order valence-electron chi connectivity index (χ3n) is 5.30. The molecule has 0 atom stereocenters. The lowest BCUT2D eigenvalue weighted by Crippen LogP contribution is -2.08. The van der Waals surface area contributed by atoms with E-state index in [4.69, 9.17) is 4.98 Å². The van der Waals surface area contributed by atoms with Gasteiger partial charge in [-0.1, -0.05) is 18.2 Å². The first-order valence-corrected chi connectivity index (χ1v) is 9.27. The minimum absolute atomic E-state index is 0. The van der Waals surface area contributed by atoms with Crippen LogP contribution in [-0.4, -0.2) is 19.4 Å². The van der Waals surface area contributed by atoms with Crippen molar-refractivity contribution in [3.05, 3.63) is 81.4 Å². The third-order valence-corrected chi connectivity index (χ3v) is 5.30. The molecule has 29 heavy (non-hydrogen) atoms. The van der Waals surface area contributed by atoms with Crippen LogP contribution in [0.5, 0.6) is 0 Å². The van der Waals surface area contributed by atoms with Crippen LogP contribution < -0.4 is 11.0 Å². The van der Waals surface area contributed by atoms with Crippen LogP contribution >= 0.6 is 12.4 Å². The van der Waals surface area contributed by atoms with Gasteiger partial charge in [-0.2, -0.15) is 0 Å². The van der Waals surface area contributed by atoms with Gasteiger partial charge in [0.15, 0.2) is 5.65 Å². The van der Waals surface area contributed by atoms with Gasteiger partial charge < -0.3 is 14.7 Å². The first-order chi connectivity index (χ1) is 13.4. The highest BCUT2D eigenvalue weighted by Crippen LogP contribution is 2.28. The van der Waals surface area contributed by atoms with E-state index >= 15 is 0 Å². The highest BCUT2D eigenvalue weighted by atomic mass is 35.5. The molecule has 0 saturated heterocycles. The smallest absolute Gasteiger partial charge is 0.344 e. The molecule has 4 aromatic rings. The van der Waals surface area contributed by atoms with Crippen LogP contribution in [0.25, 0.3) is 16.8 Å². The number of benzene rings is 1. The van der Waals surface area contributed by atoms with E-state index in [0.29, 0.717) is 6.54 Å². The van der Waals surface area contributed by atoms with Crippen molar-refractivity contribution in [3.63, 3.8) is 0 Å². The van der Waals surface area contributed by atoms with Gasteiger partial charge in [-0.3, -0.25) is 0 Å². The predicted molar refractivity (Wildman–Crippen MR) is 119 cm³/mol. The second kappa shape index (κ2) is 8.09. The summed E-state index contributed by atoms with van der Waals surface area (Å²) in [5.74, 6) is 0. The zero-order chi connectivity index (χ0) is 19.8. The maximum Gasteiger partial charge on any atom is 0.344 e. The van der Waals surface area contributed by atoms with E-state index in [-0.39, 0.29) is 18.1 Å². The van der Waals surface area contributed by atoms with E-state index in [0.717, 1.165) is 33.8 Å². The van der Waals surface area contributed by atoms with Gasteiger partial charge in [-0.25, -0.2) is 14.8 Å². The maximum atomic E-state index is 11.3. The normalized spacial score (nSPS) is 10.8. The van der Waals surface area contributed by atoms with Crippen LogP contribution in [0.15, 0.2) is 47.7 Å². The number of pyridine rings is 1. The zero-order valence-electron chi connectivity index (χ0n) is 16.9. The summed E-state index contributed by atoms with van der Waals surface area (Å²) in [5, 5.41) is 3.57. The number of anilines is 1. The Balaban J connectivity index is 0.00000240. The summed E-state index contributed by atoms with van der Waals surface area (Å²) in [6.45, 7) is 9.04. The lowest BCUT2D eigenvalue weighted by Gasteiger charge is -2.14. The number of halogens is 1. The summed E-state index contributed by atoms with van der Waals surface area (Å²) >= 11 is 0. The van der Waals surface area contributed by atoms with E-state index in [1.165, 1.54) is 16.7 Å². The van der Waals surface area contributed by atoms with Crippen molar-refractivity contribution in [3.8, 4) is 11.1 Å². The highest BCUT2D eigenvalue weighted by Gasteiger charge is 2.13. The standard InChI is InChI=1S/C22H23N5O.ClH/c1-13-6-5-7-14(2)19(13)11-23-20-8-17(18-9-24-22(28)25-10-18)12-27-16(4)15(3)26-21(20)27;/h5-10,12,23H,11H2,1-4H3,(H,24,25,28);1H. The summed E-state index contributed by atoms with van der Waals surface area (Å²) in [7, 11) is 0. The minimum Gasteiger partial charge on any atom is -0.378 e. The van der Waals surface area contributed by atoms with Gasteiger partial charge in [0.2, 0.25) is 0 Å². The molecule has 0 fully saturated rings. The number of hydrogen-bond donors (Lipinski definition) is 2. The van der Waals surface area contributed by atoms with Crippen molar-refractivity contribution >= 4 is 23.7 Å². The zero-order valence-corrected chi connectivity index (χ0v) is 17.7. The first kappa shape index (κ1) is 20.6. The van der Waals surface area contributed by atoms with Crippen molar-refractivity contribution in [2.24, 2.45) is 0 Å². The van der Waals surface area contributed by atoms with Crippen molar-refractivity contribution in [1.29, 1.82) is 0 Å². The number of aromatic amines is 1. The van der Waals surface area contributed by atoms with E-state index in [9.17, 15) is 4.79 Å². The number of rotatable bonds is 4. The van der Waals surface area contributed by atoms with Crippen LogP contribution in [0.1, 0.15) is 28.1 Å². The molecule has 4 rings (SSSR count). The molecular formula is C22H24ClN5O. The SMILES string of the molecule is Cc1cccc(C)c1CNc1cc(-c2cnc(=O)[nH]c2)cn2c(C)c(C)nc12.Cl. The summed E-state index contributed by atoms with van der Waals surface area (Å²) in [5.41, 5.74) is 9.19. The van der Waals surface area contributed by atoms with Gasteiger partial charge in [0.05, 0.1) is 11.4 Å². The maximum absolute atomic E-state index is 11.3. The van der Waals surface area contributed by atoms with Gasteiger partial charge in [-0.05, 0) is 50.5 Å². The Morgan fingerprint density at radius 3 is 2.48 bits per heavy atom. The quantitative estimate of drug-likeness (QED) is 0.525. The third kappa shape index (κ3) is 3.89. The molecule has 3 aromatic heterocycles. The molecule has 6 nitrogen and oxygen atoms in total. The average molecular weight is 410 g/mol. The Hall–Kier alpha value is -3.12. The number of nitrogens with zero attached hydrogens (tertiary/aromatic N) is 3. The molecule has 3 heterocycles. The van der Waals surface area contributed by atoms with Crippen LogP contribution in [-0.2, 0) is 6.54 Å². The lowest BCUT2D eigenvalue weighted by atomic mass is 10.0. The van der Waals surface area contributed by atoms with E-state index in [2.05, 4.69) is 64.7 Å². The Morgan fingerprint density at radius 1 is 1.10 bits per heavy atom. The Morgan fingerprint density at radius 2 is 1.83 bits per heavy atom. The van der Waals surface area contributed by atoms with Crippen LogP contribution in [0.3, 0.4) is 0 Å². The lowest BCUT2D eigenvalue weighted by molar-refractivity contribution is 1.06. The number of aromatic nitrogens is 4. The first-order valence-electron chi connectivity index (χ1n) is 9.27.